The molecule has 24 heavy (non-hydrogen) atoms. The van der Waals surface area contributed by atoms with E-state index in [1.54, 1.807) is 0 Å². The quantitative estimate of drug-likeness (QED) is 0.691. The minimum Gasteiger partial charge on any atom is -0.490 e. The fraction of sp³-hybridized carbons (Fsp3) is 0.667. The van der Waals surface area contributed by atoms with Gasteiger partial charge in [-0.15, -0.1) is 0 Å². The van der Waals surface area contributed by atoms with Gasteiger partial charge in [0.25, 0.3) is 0 Å². The first kappa shape index (κ1) is 19.1. The molecule has 1 aromatic carbocycles. The summed E-state index contributed by atoms with van der Waals surface area (Å²) in [7, 11) is -3.22. The van der Waals surface area contributed by atoms with Crippen molar-refractivity contribution in [2.45, 2.75) is 52.6 Å². The molecule has 1 aromatic rings. The second-order valence-electron chi connectivity index (χ2n) is 7.38. The SMILES string of the molecule is CC(C)CCNS(=O)(=O)CCCOc1cccc2c1OC(C)(C)C2. The molecule has 1 aliphatic heterocycles. The van der Waals surface area contributed by atoms with Crippen LogP contribution in [0.2, 0.25) is 0 Å². The lowest BCUT2D eigenvalue weighted by Crippen LogP contribution is -2.28. The predicted molar refractivity (Wildman–Crippen MR) is 96.2 cm³/mol. The van der Waals surface area contributed by atoms with E-state index in [2.05, 4.69) is 18.6 Å². The minimum absolute atomic E-state index is 0.0759. The Morgan fingerprint density at radius 3 is 2.79 bits per heavy atom. The predicted octanol–water partition coefficient (Wildman–Crippen LogP) is 3.13. The van der Waals surface area contributed by atoms with Crippen molar-refractivity contribution in [3.05, 3.63) is 23.8 Å². The van der Waals surface area contributed by atoms with Gasteiger partial charge in [-0.05, 0) is 38.7 Å². The lowest BCUT2D eigenvalue weighted by atomic mass is 10.0. The Morgan fingerprint density at radius 2 is 2.08 bits per heavy atom. The van der Waals surface area contributed by atoms with E-state index >= 15 is 0 Å². The maximum Gasteiger partial charge on any atom is 0.211 e. The number of para-hydroxylation sites is 1. The monoisotopic (exact) mass is 355 g/mol. The van der Waals surface area contributed by atoms with Crippen LogP contribution in [0, 0.1) is 5.92 Å². The van der Waals surface area contributed by atoms with Gasteiger partial charge >= 0.3 is 0 Å². The van der Waals surface area contributed by atoms with Crippen molar-refractivity contribution in [1.82, 2.24) is 4.72 Å². The van der Waals surface area contributed by atoms with E-state index in [4.69, 9.17) is 9.47 Å². The zero-order chi connectivity index (χ0) is 17.8. The molecule has 0 atom stereocenters. The highest BCUT2D eigenvalue weighted by Gasteiger charge is 2.32. The summed E-state index contributed by atoms with van der Waals surface area (Å²) in [5.41, 5.74) is 0.923. The third-order valence-corrected chi connectivity index (χ3v) is 5.38. The molecule has 0 bridgehead atoms. The van der Waals surface area contributed by atoms with Gasteiger partial charge < -0.3 is 9.47 Å². The molecule has 0 saturated carbocycles. The van der Waals surface area contributed by atoms with E-state index in [0.29, 0.717) is 31.2 Å². The molecule has 136 valence electrons. The fourth-order valence-corrected chi connectivity index (χ4v) is 3.78. The molecule has 0 aliphatic carbocycles. The molecule has 0 radical (unpaired) electrons. The second kappa shape index (κ2) is 7.74. The van der Waals surface area contributed by atoms with Crippen LogP contribution in [0.5, 0.6) is 11.5 Å². The van der Waals surface area contributed by atoms with Crippen LogP contribution in [0.3, 0.4) is 0 Å². The summed E-state index contributed by atoms with van der Waals surface area (Å²) in [5, 5.41) is 0. The van der Waals surface area contributed by atoms with Crippen LogP contribution >= 0.6 is 0 Å². The highest BCUT2D eigenvalue weighted by Crippen LogP contribution is 2.41. The van der Waals surface area contributed by atoms with E-state index in [1.165, 1.54) is 0 Å². The van der Waals surface area contributed by atoms with Gasteiger partial charge in [-0.3, -0.25) is 0 Å². The van der Waals surface area contributed by atoms with Crippen molar-refractivity contribution >= 4 is 10.0 Å². The van der Waals surface area contributed by atoms with E-state index in [-0.39, 0.29) is 11.4 Å². The van der Waals surface area contributed by atoms with Gasteiger partial charge in [0.2, 0.25) is 10.0 Å². The van der Waals surface area contributed by atoms with E-state index in [0.717, 1.165) is 24.2 Å². The Hall–Kier alpha value is -1.27. The summed E-state index contributed by atoms with van der Waals surface area (Å²) >= 11 is 0. The summed E-state index contributed by atoms with van der Waals surface area (Å²) in [6, 6.07) is 5.86. The molecule has 0 aromatic heterocycles. The van der Waals surface area contributed by atoms with Crippen LogP contribution in [0.15, 0.2) is 18.2 Å². The van der Waals surface area contributed by atoms with Crippen molar-refractivity contribution in [1.29, 1.82) is 0 Å². The maximum absolute atomic E-state index is 11.9. The molecule has 0 fully saturated rings. The Labute approximate surface area is 145 Å². The average molecular weight is 356 g/mol. The van der Waals surface area contributed by atoms with Crippen molar-refractivity contribution < 1.29 is 17.9 Å². The van der Waals surface area contributed by atoms with Crippen molar-refractivity contribution in [3.63, 3.8) is 0 Å². The molecular formula is C18H29NO4S. The topological polar surface area (TPSA) is 64.6 Å². The van der Waals surface area contributed by atoms with E-state index in [1.807, 2.05) is 32.0 Å². The van der Waals surface area contributed by atoms with Gasteiger partial charge in [0, 0.05) is 18.5 Å². The first-order valence-electron chi connectivity index (χ1n) is 8.59. The summed E-state index contributed by atoms with van der Waals surface area (Å²) in [4.78, 5) is 0. The van der Waals surface area contributed by atoms with Gasteiger partial charge in [0.1, 0.15) is 5.60 Å². The van der Waals surface area contributed by atoms with Crippen LogP contribution in [0.1, 0.15) is 46.1 Å². The van der Waals surface area contributed by atoms with Gasteiger partial charge in [0.05, 0.1) is 12.4 Å². The van der Waals surface area contributed by atoms with Crippen molar-refractivity contribution in [2.75, 3.05) is 18.9 Å². The van der Waals surface area contributed by atoms with E-state index < -0.39 is 10.0 Å². The average Bonchev–Trinajstić information content (AvgIpc) is 2.77. The maximum atomic E-state index is 11.9. The molecule has 0 saturated heterocycles. The van der Waals surface area contributed by atoms with Crippen LogP contribution < -0.4 is 14.2 Å². The number of nitrogens with one attached hydrogen (secondary N) is 1. The lowest BCUT2D eigenvalue weighted by Gasteiger charge is -2.18. The normalized spacial score (nSPS) is 16.0. The Morgan fingerprint density at radius 1 is 1.33 bits per heavy atom. The number of rotatable bonds is 9. The van der Waals surface area contributed by atoms with Crippen molar-refractivity contribution in [2.24, 2.45) is 5.92 Å². The highest BCUT2D eigenvalue weighted by atomic mass is 32.2. The standard InChI is InChI=1S/C18H29NO4S/c1-14(2)9-10-19-24(20,21)12-6-11-22-16-8-5-7-15-13-18(3,4)23-17(15)16/h5,7-8,14,19H,6,9-13H2,1-4H3. The third-order valence-electron chi connectivity index (χ3n) is 3.91. The Kier molecular flexibility index (Phi) is 6.15. The smallest absolute Gasteiger partial charge is 0.211 e. The number of hydrogen-bond donors (Lipinski definition) is 1. The second-order valence-corrected chi connectivity index (χ2v) is 9.31. The van der Waals surface area contributed by atoms with Gasteiger partial charge in [-0.1, -0.05) is 26.0 Å². The third kappa shape index (κ3) is 5.67. The molecule has 1 N–H and O–H groups in total. The highest BCUT2D eigenvalue weighted by molar-refractivity contribution is 7.89. The molecule has 0 unspecified atom stereocenters. The molecule has 2 rings (SSSR count). The molecule has 0 spiro atoms. The van der Waals surface area contributed by atoms with E-state index in [9.17, 15) is 8.42 Å². The first-order valence-corrected chi connectivity index (χ1v) is 10.2. The van der Waals surface area contributed by atoms with Crippen molar-refractivity contribution in [3.8, 4) is 11.5 Å². The van der Waals surface area contributed by atoms with Crippen LogP contribution in [-0.4, -0.2) is 32.9 Å². The van der Waals surface area contributed by atoms with Gasteiger partial charge in [-0.2, -0.15) is 0 Å². The minimum atomic E-state index is -3.22. The molecule has 6 heteroatoms. The van der Waals surface area contributed by atoms with Gasteiger partial charge in [0.15, 0.2) is 11.5 Å². The summed E-state index contributed by atoms with van der Waals surface area (Å²) in [5.74, 6) is 2.05. The molecule has 5 nitrogen and oxygen atoms in total. The van der Waals surface area contributed by atoms with Crippen LogP contribution in [0.4, 0.5) is 0 Å². The zero-order valence-electron chi connectivity index (χ0n) is 15.1. The first-order chi connectivity index (χ1) is 11.2. The molecule has 0 amide bonds. The van der Waals surface area contributed by atoms with Gasteiger partial charge in [-0.25, -0.2) is 13.1 Å². The molecule has 1 aliphatic rings. The molecular weight excluding hydrogens is 326 g/mol. The number of benzene rings is 1. The number of sulfonamides is 1. The van der Waals surface area contributed by atoms with Crippen LogP contribution in [0.25, 0.3) is 0 Å². The molecule has 1 heterocycles. The van der Waals surface area contributed by atoms with Crippen LogP contribution in [-0.2, 0) is 16.4 Å². The number of ether oxygens (including phenoxy) is 2. The largest absolute Gasteiger partial charge is 0.490 e. The number of hydrogen-bond acceptors (Lipinski definition) is 4. The number of fused-ring (bicyclic) bond motifs is 1. The fourth-order valence-electron chi connectivity index (χ4n) is 2.71. The zero-order valence-corrected chi connectivity index (χ0v) is 15.9. The summed E-state index contributed by atoms with van der Waals surface area (Å²) in [6.45, 7) is 9.09. The Balaban J connectivity index is 1.79. The summed E-state index contributed by atoms with van der Waals surface area (Å²) in [6.07, 6.45) is 2.15. The summed E-state index contributed by atoms with van der Waals surface area (Å²) < 4.78 is 38.1. The Bertz CT molecular complexity index is 653. The lowest BCUT2D eigenvalue weighted by molar-refractivity contribution is 0.132.